The van der Waals surface area contributed by atoms with Crippen molar-refractivity contribution in [2.75, 3.05) is 5.73 Å². The number of halogens is 1. The molecule has 3 nitrogen and oxygen atoms in total. The van der Waals surface area contributed by atoms with Crippen LogP contribution in [0.2, 0.25) is 5.15 Å². The van der Waals surface area contributed by atoms with Crippen LogP contribution in [0.4, 0.5) is 5.95 Å². The van der Waals surface area contributed by atoms with E-state index in [1.165, 1.54) is 38.5 Å². The third-order valence-corrected chi connectivity index (χ3v) is 5.52. The zero-order chi connectivity index (χ0) is 11.6. The van der Waals surface area contributed by atoms with Crippen molar-refractivity contribution in [2.24, 2.45) is 17.8 Å². The molecule has 0 amide bonds. The van der Waals surface area contributed by atoms with Crippen LogP contribution in [0.1, 0.15) is 44.2 Å². The Balaban J connectivity index is 1.79. The smallest absolute Gasteiger partial charge is 0.199 e. The molecule has 3 N–H and O–H groups in total. The summed E-state index contributed by atoms with van der Waals surface area (Å²) in [7, 11) is 0. The number of nitrogens with zero attached hydrogens (tertiary/aromatic N) is 1. The number of H-pyrrole nitrogens is 1. The van der Waals surface area contributed by atoms with Crippen LogP contribution in [-0.4, -0.2) is 9.97 Å². The molecule has 0 atom stereocenters. The van der Waals surface area contributed by atoms with Crippen molar-refractivity contribution in [3.63, 3.8) is 0 Å². The molecule has 0 saturated heterocycles. The quantitative estimate of drug-likeness (QED) is 0.806. The average molecular weight is 252 g/mol. The normalized spacial score (nSPS) is 43.2. The average Bonchev–Trinajstić information content (AvgIpc) is 2.56. The lowest BCUT2D eigenvalue weighted by atomic mass is 9.49. The van der Waals surface area contributed by atoms with Gasteiger partial charge in [0.25, 0.3) is 0 Å². The van der Waals surface area contributed by atoms with Crippen molar-refractivity contribution in [1.82, 2.24) is 9.97 Å². The van der Waals surface area contributed by atoms with Gasteiger partial charge in [-0.25, -0.2) is 4.98 Å². The molecule has 0 spiro atoms. The first kappa shape index (κ1) is 10.2. The van der Waals surface area contributed by atoms with E-state index < -0.39 is 0 Å². The minimum atomic E-state index is 0.274. The van der Waals surface area contributed by atoms with Gasteiger partial charge in [-0.05, 0) is 56.3 Å². The largest absolute Gasteiger partial charge is 0.369 e. The molecule has 4 aliphatic carbocycles. The molecule has 1 aromatic rings. The lowest BCUT2D eigenvalue weighted by Gasteiger charge is -2.56. The van der Waals surface area contributed by atoms with Crippen molar-refractivity contribution < 1.29 is 0 Å². The number of anilines is 1. The number of aromatic amines is 1. The number of imidazole rings is 1. The molecule has 0 aromatic carbocycles. The van der Waals surface area contributed by atoms with Gasteiger partial charge in [0.2, 0.25) is 0 Å². The van der Waals surface area contributed by atoms with E-state index in [-0.39, 0.29) is 5.41 Å². The molecule has 4 heteroatoms. The van der Waals surface area contributed by atoms with Gasteiger partial charge in [-0.15, -0.1) is 0 Å². The van der Waals surface area contributed by atoms with Crippen LogP contribution in [0.3, 0.4) is 0 Å². The SMILES string of the molecule is Nc1nc(Cl)c(C23CC4CC(CC(C4)C2)C3)[nH]1. The van der Waals surface area contributed by atoms with Gasteiger partial charge in [-0.3, -0.25) is 0 Å². The highest BCUT2D eigenvalue weighted by molar-refractivity contribution is 6.30. The second-order valence-corrected chi connectivity index (χ2v) is 6.84. The van der Waals surface area contributed by atoms with E-state index in [1.54, 1.807) is 0 Å². The fraction of sp³-hybridized carbons (Fsp3) is 0.769. The fourth-order valence-corrected chi connectivity index (χ4v) is 5.48. The summed E-state index contributed by atoms with van der Waals surface area (Å²) in [5.41, 5.74) is 7.16. The van der Waals surface area contributed by atoms with Gasteiger partial charge in [0.05, 0.1) is 5.69 Å². The van der Waals surface area contributed by atoms with Gasteiger partial charge in [-0.1, -0.05) is 11.6 Å². The van der Waals surface area contributed by atoms with Crippen molar-refractivity contribution in [2.45, 2.75) is 43.9 Å². The second kappa shape index (κ2) is 3.19. The van der Waals surface area contributed by atoms with Crippen LogP contribution >= 0.6 is 11.6 Å². The van der Waals surface area contributed by atoms with Gasteiger partial charge < -0.3 is 10.7 Å². The van der Waals surface area contributed by atoms with E-state index in [4.69, 9.17) is 17.3 Å². The number of nitrogens with two attached hydrogens (primary N) is 1. The molecule has 4 aliphatic rings. The number of aromatic nitrogens is 2. The first-order chi connectivity index (χ1) is 8.14. The highest BCUT2D eigenvalue weighted by atomic mass is 35.5. The maximum Gasteiger partial charge on any atom is 0.199 e. The summed E-state index contributed by atoms with van der Waals surface area (Å²) in [5.74, 6) is 3.23. The van der Waals surface area contributed by atoms with Crippen LogP contribution < -0.4 is 5.73 Å². The van der Waals surface area contributed by atoms with Crippen molar-refractivity contribution in [1.29, 1.82) is 0 Å². The Morgan fingerprint density at radius 1 is 1.12 bits per heavy atom. The van der Waals surface area contributed by atoms with Crippen molar-refractivity contribution in [3.05, 3.63) is 10.8 Å². The Morgan fingerprint density at radius 3 is 2.06 bits per heavy atom. The predicted octanol–water partition coefficient (Wildman–Crippen LogP) is 3.11. The minimum Gasteiger partial charge on any atom is -0.369 e. The van der Waals surface area contributed by atoms with E-state index in [2.05, 4.69) is 9.97 Å². The molecule has 0 aliphatic heterocycles. The third-order valence-electron chi connectivity index (χ3n) is 5.25. The maximum absolute atomic E-state index is 6.26. The van der Waals surface area contributed by atoms with Crippen molar-refractivity contribution in [3.8, 4) is 0 Å². The monoisotopic (exact) mass is 251 g/mol. The lowest BCUT2D eigenvalue weighted by molar-refractivity contribution is -0.00692. The van der Waals surface area contributed by atoms with Crippen LogP contribution in [0, 0.1) is 17.8 Å². The van der Waals surface area contributed by atoms with E-state index in [1.807, 2.05) is 0 Å². The summed E-state index contributed by atoms with van der Waals surface area (Å²) >= 11 is 6.26. The van der Waals surface area contributed by atoms with Gasteiger partial charge in [0.1, 0.15) is 0 Å². The summed E-state index contributed by atoms with van der Waals surface area (Å²) in [6, 6.07) is 0. The number of hydrogen-bond acceptors (Lipinski definition) is 2. The van der Waals surface area contributed by atoms with Crippen LogP contribution in [-0.2, 0) is 5.41 Å². The summed E-state index contributed by atoms with van der Waals surface area (Å²) in [6.45, 7) is 0. The summed E-state index contributed by atoms with van der Waals surface area (Å²) in [5, 5.41) is 0.615. The molecule has 4 bridgehead atoms. The summed E-state index contributed by atoms with van der Waals surface area (Å²) in [6.07, 6.45) is 8.21. The molecule has 0 unspecified atom stereocenters. The van der Waals surface area contributed by atoms with Crippen LogP contribution in [0.25, 0.3) is 0 Å². The van der Waals surface area contributed by atoms with E-state index in [0.717, 1.165) is 23.4 Å². The minimum absolute atomic E-state index is 0.274. The van der Waals surface area contributed by atoms with Crippen molar-refractivity contribution >= 4 is 17.5 Å². The van der Waals surface area contributed by atoms with E-state index >= 15 is 0 Å². The topological polar surface area (TPSA) is 54.7 Å². The van der Waals surface area contributed by atoms with Gasteiger partial charge in [0.15, 0.2) is 11.1 Å². The van der Waals surface area contributed by atoms with E-state index in [9.17, 15) is 0 Å². The molecular formula is C13H18ClN3. The van der Waals surface area contributed by atoms with E-state index in [0.29, 0.717) is 11.1 Å². The molecule has 0 radical (unpaired) electrons. The van der Waals surface area contributed by atoms with Crippen LogP contribution in [0.5, 0.6) is 0 Å². The molecule has 4 fully saturated rings. The van der Waals surface area contributed by atoms with Crippen LogP contribution in [0.15, 0.2) is 0 Å². The molecule has 17 heavy (non-hydrogen) atoms. The van der Waals surface area contributed by atoms with Gasteiger partial charge in [-0.2, -0.15) is 0 Å². The second-order valence-electron chi connectivity index (χ2n) is 6.49. The highest BCUT2D eigenvalue weighted by Crippen LogP contribution is 2.61. The number of nitrogens with one attached hydrogen (secondary N) is 1. The predicted molar refractivity (Wildman–Crippen MR) is 67.9 cm³/mol. The first-order valence-corrected chi connectivity index (χ1v) is 7.04. The molecule has 1 heterocycles. The lowest BCUT2D eigenvalue weighted by Crippen LogP contribution is -2.48. The first-order valence-electron chi connectivity index (χ1n) is 6.66. The molecule has 4 saturated carbocycles. The number of nitrogen functional groups attached to an aromatic ring is 1. The zero-order valence-corrected chi connectivity index (χ0v) is 10.6. The maximum atomic E-state index is 6.26. The van der Waals surface area contributed by atoms with Gasteiger partial charge in [0, 0.05) is 5.41 Å². The fourth-order valence-electron chi connectivity index (χ4n) is 5.14. The third kappa shape index (κ3) is 1.38. The molecule has 5 rings (SSSR count). The highest BCUT2D eigenvalue weighted by Gasteiger charge is 2.53. The Bertz CT molecular complexity index is 430. The van der Waals surface area contributed by atoms with Gasteiger partial charge >= 0.3 is 0 Å². The number of hydrogen-bond donors (Lipinski definition) is 2. The number of rotatable bonds is 1. The molecular weight excluding hydrogens is 234 g/mol. The summed E-state index contributed by atoms with van der Waals surface area (Å²) < 4.78 is 0. The Kier molecular flexibility index (Phi) is 1.92. The standard InChI is InChI=1S/C13H18ClN3/c14-11-10(16-12(15)17-11)13-4-7-1-8(5-13)3-9(2-7)6-13/h7-9H,1-6H2,(H3,15,16,17). The zero-order valence-electron chi connectivity index (χ0n) is 9.88. The molecule has 92 valence electrons. The Hall–Kier alpha value is -0.700. The Morgan fingerprint density at radius 2 is 1.65 bits per heavy atom. The molecule has 1 aromatic heterocycles. The Labute approximate surface area is 106 Å². The summed E-state index contributed by atoms with van der Waals surface area (Å²) in [4.78, 5) is 7.39.